The van der Waals surface area contributed by atoms with Crippen molar-refractivity contribution in [3.63, 3.8) is 0 Å². The Labute approximate surface area is 394 Å². The monoisotopic (exact) mass is 1070 g/mol. The quantitative estimate of drug-likeness (QED) is 0.118. The molecule has 0 saturated carbocycles. The summed E-state index contributed by atoms with van der Waals surface area (Å²) in [6.07, 6.45) is 0.303. The first kappa shape index (κ1) is 37.7. The minimum atomic E-state index is -2.36. The molecule has 3 heterocycles. The summed E-state index contributed by atoms with van der Waals surface area (Å²) in [5.41, 5.74) is 11.7. The Hall–Kier alpha value is -5.85. The van der Waals surface area contributed by atoms with Crippen molar-refractivity contribution in [1.29, 1.82) is 0 Å². The summed E-state index contributed by atoms with van der Waals surface area (Å²) in [4.78, 5) is 9.79. The molecule has 10 rings (SSSR count). The fraction of sp³-hybridized carbons (Fsp3) is 0.158. The van der Waals surface area contributed by atoms with Gasteiger partial charge in [0.25, 0.3) is 0 Å². The third kappa shape index (κ3) is 9.15. The molecule has 0 aliphatic rings. The van der Waals surface area contributed by atoms with E-state index in [1.54, 1.807) is 12.1 Å². The summed E-state index contributed by atoms with van der Waals surface area (Å²) in [5.74, 6) is 7.49. The number of imidazole rings is 1. The Bertz CT molecular complexity index is 3330. The van der Waals surface area contributed by atoms with Crippen LogP contribution in [0.1, 0.15) is 38.8 Å². The van der Waals surface area contributed by atoms with Gasteiger partial charge in [0.2, 0.25) is 0 Å². The van der Waals surface area contributed by atoms with Crippen molar-refractivity contribution in [2.75, 3.05) is 0 Å². The van der Waals surface area contributed by atoms with Crippen LogP contribution in [0.2, 0.25) is 17.3 Å². The van der Waals surface area contributed by atoms with Gasteiger partial charge in [-0.15, -0.1) is 18.2 Å². The zero-order valence-corrected chi connectivity index (χ0v) is 40.7. The molecule has 0 fully saturated rings. The van der Waals surface area contributed by atoms with E-state index in [2.05, 4.69) is 148 Å². The van der Waals surface area contributed by atoms with Crippen LogP contribution in [0.25, 0.3) is 83.6 Å². The van der Waals surface area contributed by atoms with Crippen molar-refractivity contribution in [3.05, 3.63) is 193 Å². The first-order valence-electron chi connectivity index (χ1n) is 23.5. The number of nitrogens with zero attached hydrogens (tertiary/aromatic N) is 3. The number of rotatable bonds is 7. The van der Waals surface area contributed by atoms with Gasteiger partial charge in [-0.1, -0.05) is 120 Å². The van der Waals surface area contributed by atoms with Crippen molar-refractivity contribution in [3.8, 4) is 50.6 Å². The number of fused-ring (bicyclic) bond motifs is 4. The van der Waals surface area contributed by atoms with E-state index in [0.717, 1.165) is 76.7 Å². The molecule has 4 nitrogen and oxygen atoms in total. The van der Waals surface area contributed by atoms with Crippen molar-refractivity contribution in [2.24, 2.45) is 5.41 Å². The molecular formula is C57H51GeIrN3O-2. The Morgan fingerprint density at radius 3 is 2.05 bits per heavy atom. The summed E-state index contributed by atoms with van der Waals surface area (Å²) in [6.45, 7) is 3.55. The molecule has 7 aromatic carbocycles. The molecule has 315 valence electrons. The van der Waals surface area contributed by atoms with E-state index in [-0.39, 0.29) is 25.7 Å². The number of aromatic nitrogens is 3. The Kier molecular flexibility index (Phi) is 10.8. The van der Waals surface area contributed by atoms with Crippen LogP contribution >= 0.6 is 0 Å². The summed E-state index contributed by atoms with van der Waals surface area (Å²) in [6, 6.07) is 61.3. The van der Waals surface area contributed by atoms with Crippen LogP contribution < -0.4 is 4.40 Å². The molecule has 0 bridgehead atoms. The first-order valence-corrected chi connectivity index (χ1v) is 28.3. The number of furan rings is 1. The minimum absolute atomic E-state index is 0. The molecule has 3 aromatic heterocycles. The van der Waals surface area contributed by atoms with Gasteiger partial charge in [0.05, 0.1) is 28.1 Å². The average Bonchev–Trinajstić information content (AvgIpc) is 3.90. The molecule has 0 amide bonds. The average molecular weight is 1060 g/mol. The molecule has 6 heteroatoms. The van der Waals surface area contributed by atoms with Gasteiger partial charge in [0.1, 0.15) is 5.58 Å². The first-order chi connectivity index (χ1) is 31.9. The van der Waals surface area contributed by atoms with Crippen molar-refractivity contribution >= 4 is 50.6 Å². The van der Waals surface area contributed by atoms with Crippen LogP contribution in [0, 0.1) is 24.4 Å². The number of para-hydroxylation sites is 4. The summed E-state index contributed by atoms with van der Waals surface area (Å²) in [7, 11) is 0. The molecule has 0 unspecified atom stereocenters. The van der Waals surface area contributed by atoms with Crippen LogP contribution in [-0.2, 0) is 26.5 Å². The molecule has 0 atom stereocenters. The second-order valence-electron chi connectivity index (χ2n) is 17.6. The summed E-state index contributed by atoms with van der Waals surface area (Å²) >= 11 is -2.36. The minimum Gasteiger partial charge on any atom is -0.501 e. The molecular weight excluding hydrogens is 1010 g/mol. The van der Waals surface area contributed by atoms with Crippen LogP contribution in [0.15, 0.2) is 174 Å². The SMILES string of the molecule is [2H]C([2H])([2H])c1c[c-]c(-c2cc(C([2H])([2H])C(C)(C)C)[c]([Ge]([CH3])([CH3])[CH3])cn2)cc1.[Ir].[c-]1ccc2c(oc3ccccc32)c1-c1nc2ccccc2n1-c1c(-c2ccccc2)cccc1-c1ccccc1. The Morgan fingerprint density at radius 1 is 0.730 bits per heavy atom. The van der Waals surface area contributed by atoms with Gasteiger partial charge in [-0.3, -0.25) is 4.98 Å². The molecule has 0 aliphatic heterocycles. The van der Waals surface area contributed by atoms with Crippen LogP contribution in [0.4, 0.5) is 0 Å². The summed E-state index contributed by atoms with van der Waals surface area (Å²) in [5, 5.41) is 2.15. The van der Waals surface area contributed by atoms with E-state index >= 15 is 0 Å². The van der Waals surface area contributed by atoms with Crippen LogP contribution in [-0.4, -0.2) is 27.8 Å². The van der Waals surface area contributed by atoms with E-state index in [1.807, 2.05) is 63.4 Å². The van der Waals surface area contributed by atoms with Crippen molar-refractivity contribution in [1.82, 2.24) is 14.5 Å². The smallest absolute Gasteiger partial charge is 0.120 e. The molecule has 0 saturated heterocycles. The number of aryl methyl sites for hydroxylation is 1. The number of benzene rings is 7. The second kappa shape index (κ2) is 18.1. The maximum absolute atomic E-state index is 8.80. The van der Waals surface area contributed by atoms with E-state index in [4.69, 9.17) is 16.3 Å². The topological polar surface area (TPSA) is 43.9 Å². The van der Waals surface area contributed by atoms with Gasteiger partial charge < -0.3 is 8.98 Å². The van der Waals surface area contributed by atoms with Gasteiger partial charge in [-0.25, -0.2) is 0 Å². The molecule has 0 aliphatic carbocycles. The number of pyridine rings is 1. The van der Waals surface area contributed by atoms with Crippen LogP contribution in [0.5, 0.6) is 0 Å². The molecule has 63 heavy (non-hydrogen) atoms. The van der Waals surface area contributed by atoms with E-state index in [1.165, 1.54) is 6.07 Å². The summed E-state index contributed by atoms with van der Waals surface area (Å²) < 4.78 is 49.9. The van der Waals surface area contributed by atoms with Gasteiger partial charge in [0.15, 0.2) is 0 Å². The number of hydrogen-bond donors (Lipinski definition) is 0. The maximum atomic E-state index is 8.80. The standard InChI is InChI=1S/C37H23N2O.C20H28GeN.Ir/c1-3-13-25(14-4-1)27-18-11-19-28(26-15-5-2-6-16-26)35(27)39-33-23-9-8-22-32(33)38-37(39)31-21-12-20-30-29-17-7-10-24-34(29)40-36(30)31;1-15-8-10-16(11-9-15)19-12-17(13-20(2,3)4)18(14-22-19)21(5,6)7;/h1-20,22-24H;8-10,12,14H,13H2,1-7H3;/q2*-1;/i;1D3,13D2;. The van der Waals surface area contributed by atoms with E-state index in [9.17, 15) is 0 Å². The molecule has 0 N–H and O–H groups in total. The van der Waals surface area contributed by atoms with E-state index < -0.39 is 31.9 Å². The van der Waals surface area contributed by atoms with Crippen molar-refractivity contribution in [2.45, 2.75) is 51.3 Å². The van der Waals surface area contributed by atoms with E-state index in [0.29, 0.717) is 16.8 Å². The van der Waals surface area contributed by atoms with Crippen molar-refractivity contribution < 1.29 is 31.4 Å². The maximum Gasteiger partial charge on any atom is 0.120 e. The fourth-order valence-electron chi connectivity index (χ4n) is 8.05. The fourth-order valence-corrected chi connectivity index (χ4v) is 11.0. The van der Waals surface area contributed by atoms with Crippen LogP contribution in [0.3, 0.4) is 0 Å². The third-order valence-electron chi connectivity index (χ3n) is 10.9. The van der Waals surface area contributed by atoms with Gasteiger partial charge in [-0.05, 0) is 29.3 Å². The number of hydrogen-bond acceptors (Lipinski definition) is 3. The van der Waals surface area contributed by atoms with Gasteiger partial charge >= 0.3 is 145 Å². The zero-order valence-electron chi connectivity index (χ0n) is 41.2. The molecule has 1 radical (unpaired) electrons. The third-order valence-corrected chi connectivity index (χ3v) is 15.1. The predicted octanol–water partition coefficient (Wildman–Crippen LogP) is 14.7. The van der Waals surface area contributed by atoms with Gasteiger partial charge in [0, 0.05) is 36.6 Å². The van der Waals surface area contributed by atoms with Gasteiger partial charge in [-0.2, -0.15) is 0 Å². The second-order valence-corrected chi connectivity index (χ2v) is 28.2. The zero-order chi connectivity index (χ0) is 47.3. The largest absolute Gasteiger partial charge is 0.501 e. The Balaban J connectivity index is 0.000000197. The molecule has 10 aromatic rings. The molecule has 0 spiro atoms. The Morgan fingerprint density at radius 2 is 1.40 bits per heavy atom. The normalized spacial score (nSPS) is 13.3. The predicted molar refractivity (Wildman–Crippen MR) is 263 cm³/mol.